The largest absolute Gasteiger partial charge is 0.494 e. The molecule has 2 heterocycles. The fraction of sp³-hybridized carbons (Fsp3) is 0.250. The summed E-state index contributed by atoms with van der Waals surface area (Å²) in [5.41, 5.74) is 0.985. The van der Waals surface area contributed by atoms with E-state index in [1.54, 1.807) is 42.5 Å². The Morgan fingerprint density at radius 2 is 1.85 bits per heavy atom. The number of nitrogens with zero attached hydrogens (tertiary/aromatic N) is 2. The van der Waals surface area contributed by atoms with Gasteiger partial charge < -0.3 is 24.2 Å². The third kappa shape index (κ3) is 4.70. The van der Waals surface area contributed by atoms with E-state index in [2.05, 4.69) is 0 Å². The third-order valence-electron chi connectivity index (χ3n) is 5.35. The first-order valence-electron chi connectivity index (χ1n) is 10.6. The second-order valence-electron chi connectivity index (χ2n) is 7.54. The summed E-state index contributed by atoms with van der Waals surface area (Å²) in [6.07, 6.45) is 1.33. The number of carbonyl (C=O) groups excluding carboxylic acids is 3. The SMILES string of the molecule is CCOc1ccc(N2C(=O)CC(N(Cc3ccc4c(c3)OCO4)C(=O)C=CC(=O)O)C2=O)cc1. The molecule has 1 unspecified atom stereocenters. The number of anilines is 1. The molecule has 0 spiro atoms. The molecule has 0 aromatic heterocycles. The van der Waals surface area contributed by atoms with Crippen LogP contribution in [0.4, 0.5) is 5.69 Å². The monoisotopic (exact) mass is 466 g/mol. The molecule has 1 saturated heterocycles. The first kappa shape index (κ1) is 22.8. The molecule has 1 N–H and O–H groups in total. The van der Waals surface area contributed by atoms with Gasteiger partial charge in [0.1, 0.15) is 11.8 Å². The van der Waals surface area contributed by atoms with E-state index >= 15 is 0 Å². The highest BCUT2D eigenvalue weighted by Crippen LogP contribution is 2.34. The zero-order valence-electron chi connectivity index (χ0n) is 18.3. The van der Waals surface area contributed by atoms with Crippen LogP contribution in [0.3, 0.4) is 0 Å². The van der Waals surface area contributed by atoms with Gasteiger partial charge in [-0.3, -0.25) is 14.4 Å². The lowest BCUT2D eigenvalue weighted by Crippen LogP contribution is -2.44. The normalized spacial score (nSPS) is 16.9. The first-order valence-corrected chi connectivity index (χ1v) is 10.6. The predicted molar refractivity (Wildman–Crippen MR) is 118 cm³/mol. The van der Waals surface area contributed by atoms with E-state index in [9.17, 15) is 19.2 Å². The van der Waals surface area contributed by atoms with E-state index in [4.69, 9.17) is 19.3 Å². The number of benzene rings is 2. The van der Waals surface area contributed by atoms with Crippen LogP contribution in [0, 0.1) is 0 Å². The zero-order chi connectivity index (χ0) is 24.2. The van der Waals surface area contributed by atoms with Crippen LogP contribution in [0.2, 0.25) is 0 Å². The van der Waals surface area contributed by atoms with E-state index in [0.717, 1.165) is 11.0 Å². The van der Waals surface area contributed by atoms with Gasteiger partial charge in [-0.25, -0.2) is 9.69 Å². The summed E-state index contributed by atoms with van der Waals surface area (Å²) in [7, 11) is 0. The zero-order valence-corrected chi connectivity index (χ0v) is 18.3. The molecule has 2 aromatic rings. The molecule has 0 bridgehead atoms. The van der Waals surface area contributed by atoms with Crippen LogP contribution in [0.1, 0.15) is 18.9 Å². The fourth-order valence-corrected chi connectivity index (χ4v) is 3.80. The molecule has 2 aromatic carbocycles. The Hall–Kier alpha value is -4.34. The molecule has 0 aliphatic carbocycles. The Bertz CT molecular complexity index is 1160. The second-order valence-corrected chi connectivity index (χ2v) is 7.54. The average Bonchev–Trinajstić information content (AvgIpc) is 3.40. The van der Waals surface area contributed by atoms with Crippen molar-refractivity contribution < 1.29 is 38.5 Å². The average molecular weight is 466 g/mol. The Kier molecular flexibility index (Phi) is 6.48. The second kappa shape index (κ2) is 9.65. The molecule has 176 valence electrons. The summed E-state index contributed by atoms with van der Waals surface area (Å²) < 4.78 is 16.1. The Morgan fingerprint density at radius 1 is 1.12 bits per heavy atom. The predicted octanol–water partition coefficient (Wildman–Crippen LogP) is 2.12. The van der Waals surface area contributed by atoms with Crippen molar-refractivity contribution in [1.29, 1.82) is 0 Å². The molecular formula is C24H22N2O8. The van der Waals surface area contributed by atoms with E-state index in [1.807, 2.05) is 6.92 Å². The van der Waals surface area contributed by atoms with Gasteiger partial charge in [-0.2, -0.15) is 0 Å². The molecule has 2 aliphatic heterocycles. The van der Waals surface area contributed by atoms with Crippen molar-refractivity contribution in [2.45, 2.75) is 25.9 Å². The molecular weight excluding hydrogens is 444 g/mol. The summed E-state index contributed by atoms with van der Waals surface area (Å²) in [5, 5.41) is 8.92. The fourth-order valence-electron chi connectivity index (χ4n) is 3.80. The maximum absolute atomic E-state index is 13.3. The molecule has 1 fully saturated rings. The van der Waals surface area contributed by atoms with Crippen molar-refractivity contribution in [2.75, 3.05) is 18.3 Å². The lowest BCUT2D eigenvalue weighted by Gasteiger charge is -2.27. The van der Waals surface area contributed by atoms with Crippen LogP contribution in [-0.4, -0.2) is 53.1 Å². The van der Waals surface area contributed by atoms with Gasteiger partial charge in [0.05, 0.1) is 18.7 Å². The third-order valence-corrected chi connectivity index (χ3v) is 5.35. The number of ether oxygens (including phenoxy) is 3. The lowest BCUT2D eigenvalue weighted by atomic mass is 10.1. The summed E-state index contributed by atoms with van der Waals surface area (Å²) in [6, 6.07) is 10.5. The smallest absolute Gasteiger partial charge is 0.328 e. The summed E-state index contributed by atoms with van der Waals surface area (Å²) in [6.45, 7) is 2.36. The Labute approximate surface area is 194 Å². The number of hydrogen-bond acceptors (Lipinski definition) is 7. The summed E-state index contributed by atoms with van der Waals surface area (Å²) >= 11 is 0. The first-order chi connectivity index (χ1) is 16.4. The minimum Gasteiger partial charge on any atom is -0.494 e. The van der Waals surface area contributed by atoms with Gasteiger partial charge in [0.15, 0.2) is 11.5 Å². The number of carboxylic acid groups (broad SMARTS) is 1. The number of imide groups is 1. The number of hydrogen-bond donors (Lipinski definition) is 1. The van der Waals surface area contributed by atoms with Crippen LogP contribution >= 0.6 is 0 Å². The number of carboxylic acids is 1. The Balaban J connectivity index is 1.61. The van der Waals surface area contributed by atoms with E-state index in [1.165, 1.54) is 4.90 Å². The number of fused-ring (bicyclic) bond motifs is 1. The van der Waals surface area contributed by atoms with Crippen LogP contribution in [0.5, 0.6) is 17.2 Å². The van der Waals surface area contributed by atoms with Gasteiger partial charge in [0, 0.05) is 18.7 Å². The van der Waals surface area contributed by atoms with Gasteiger partial charge in [-0.15, -0.1) is 0 Å². The number of amides is 3. The molecule has 4 rings (SSSR count). The van der Waals surface area contributed by atoms with Crippen LogP contribution < -0.4 is 19.1 Å². The quantitative estimate of drug-likeness (QED) is 0.464. The molecule has 2 aliphatic rings. The molecule has 34 heavy (non-hydrogen) atoms. The highest BCUT2D eigenvalue weighted by atomic mass is 16.7. The summed E-state index contributed by atoms with van der Waals surface area (Å²) in [5.74, 6) is -1.41. The van der Waals surface area contributed by atoms with Crippen LogP contribution in [0.25, 0.3) is 0 Å². The van der Waals surface area contributed by atoms with Gasteiger partial charge in [-0.1, -0.05) is 6.07 Å². The maximum Gasteiger partial charge on any atom is 0.328 e. The van der Waals surface area contributed by atoms with Crippen molar-refractivity contribution in [2.24, 2.45) is 0 Å². The van der Waals surface area contributed by atoms with Crippen molar-refractivity contribution in [3.05, 3.63) is 60.2 Å². The minimum atomic E-state index is -1.30. The molecule has 0 saturated carbocycles. The molecule has 10 nitrogen and oxygen atoms in total. The van der Waals surface area contributed by atoms with Crippen LogP contribution in [0.15, 0.2) is 54.6 Å². The van der Waals surface area contributed by atoms with Crippen molar-refractivity contribution >= 4 is 29.4 Å². The van der Waals surface area contributed by atoms with Crippen molar-refractivity contribution in [3.8, 4) is 17.2 Å². The highest BCUT2D eigenvalue weighted by molar-refractivity contribution is 6.23. The van der Waals surface area contributed by atoms with Gasteiger partial charge in [0.25, 0.3) is 5.91 Å². The molecule has 3 amide bonds. The van der Waals surface area contributed by atoms with Crippen LogP contribution in [-0.2, 0) is 25.7 Å². The molecule has 0 radical (unpaired) electrons. The minimum absolute atomic E-state index is 0.0414. The number of carbonyl (C=O) groups is 4. The summed E-state index contributed by atoms with van der Waals surface area (Å²) in [4.78, 5) is 52.1. The highest BCUT2D eigenvalue weighted by Gasteiger charge is 2.44. The van der Waals surface area contributed by atoms with Crippen molar-refractivity contribution in [1.82, 2.24) is 4.90 Å². The number of rotatable bonds is 8. The topological polar surface area (TPSA) is 123 Å². The standard InChI is InChI=1S/C24H22N2O8/c1-2-32-17-6-4-16(5-7-17)26-22(28)12-18(24(26)31)25(21(27)9-10-23(29)30)13-15-3-8-19-20(11-15)34-14-33-19/h3-11,18H,2,12-14H2,1H3,(H,29,30). The van der Waals surface area contributed by atoms with E-state index < -0.39 is 29.7 Å². The number of aliphatic carboxylic acids is 1. The van der Waals surface area contributed by atoms with Crippen molar-refractivity contribution in [3.63, 3.8) is 0 Å². The Morgan fingerprint density at radius 3 is 2.56 bits per heavy atom. The van der Waals surface area contributed by atoms with E-state index in [0.29, 0.717) is 41.2 Å². The molecule has 10 heteroatoms. The molecule has 1 atom stereocenters. The van der Waals surface area contributed by atoms with Gasteiger partial charge >= 0.3 is 5.97 Å². The lowest BCUT2D eigenvalue weighted by molar-refractivity contribution is -0.135. The van der Waals surface area contributed by atoms with Gasteiger partial charge in [-0.05, 0) is 48.9 Å². The van der Waals surface area contributed by atoms with E-state index in [-0.39, 0.29) is 19.8 Å². The van der Waals surface area contributed by atoms with Gasteiger partial charge in [0.2, 0.25) is 18.6 Å². The maximum atomic E-state index is 13.3.